The maximum absolute atomic E-state index is 12.0. The molecule has 4 nitrogen and oxygen atoms in total. The highest BCUT2D eigenvalue weighted by Gasteiger charge is 2.15. The summed E-state index contributed by atoms with van der Waals surface area (Å²) in [6.45, 7) is 3.76. The highest BCUT2D eigenvalue weighted by atomic mass is 32.2. The quantitative estimate of drug-likeness (QED) is 0.671. The number of rotatable bonds is 4. The number of thiazole rings is 1. The molecule has 0 saturated heterocycles. The molecule has 1 aromatic carbocycles. The standard InChI is InChI=1S/C13H15N3OS2/c1-8-7-18-13(15-8)16-12(17)9(2)19-11-5-3-4-10(14)6-11/h3-7,9H,14H2,1-2H3,(H,15,16,17). The molecule has 3 N–H and O–H groups in total. The first-order valence-electron chi connectivity index (χ1n) is 5.80. The summed E-state index contributed by atoms with van der Waals surface area (Å²) in [5.41, 5.74) is 7.33. The molecule has 1 atom stereocenters. The summed E-state index contributed by atoms with van der Waals surface area (Å²) < 4.78 is 0. The lowest BCUT2D eigenvalue weighted by atomic mass is 10.3. The number of amides is 1. The van der Waals surface area contributed by atoms with Gasteiger partial charge in [0.05, 0.1) is 10.9 Å². The van der Waals surface area contributed by atoms with Gasteiger partial charge in [-0.1, -0.05) is 6.07 Å². The number of nitrogens with zero attached hydrogens (tertiary/aromatic N) is 1. The normalized spacial score (nSPS) is 12.1. The molecule has 1 amide bonds. The number of anilines is 2. The number of benzene rings is 1. The second-order valence-corrected chi connectivity index (χ2v) is 6.39. The van der Waals surface area contributed by atoms with E-state index in [1.54, 1.807) is 0 Å². The van der Waals surface area contributed by atoms with Crippen LogP contribution in [0.25, 0.3) is 0 Å². The van der Waals surface area contributed by atoms with Crippen molar-refractivity contribution in [2.75, 3.05) is 11.1 Å². The summed E-state index contributed by atoms with van der Waals surface area (Å²) >= 11 is 2.91. The summed E-state index contributed by atoms with van der Waals surface area (Å²) in [4.78, 5) is 17.2. The zero-order valence-corrected chi connectivity index (χ0v) is 12.3. The number of hydrogen-bond acceptors (Lipinski definition) is 5. The first kappa shape index (κ1) is 13.9. The number of carbonyl (C=O) groups excluding carboxylic acids is 1. The maximum atomic E-state index is 12.0. The summed E-state index contributed by atoms with van der Waals surface area (Å²) in [5, 5.41) is 5.16. The molecule has 0 saturated carbocycles. The minimum Gasteiger partial charge on any atom is -0.399 e. The Morgan fingerprint density at radius 3 is 2.95 bits per heavy atom. The Morgan fingerprint density at radius 1 is 1.53 bits per heavy atom. The Morgan fingerprint density at radius 2 is 2.32 bits per heavy atom. The molecule has 2 rings (SSSR count). The van der Waals surface area contributed by atoms with Crippen molar-refractivity contribution in [3.8, 4) is 0 Å². The van der Waals surface area contributed by atoms with Gasteiger partial charge in [-0.25, -0.2) is 4.98 Å². The van der Waals surface area contributed by atoms with Gasteiger partial charge in [0, 0.05) is 16.0 Å². The number of carbonyl (C=O) groups is 1. The van der Waals surface area contributed by atoms with E-state index < -0.39 is 0 Å². The monoisotopic (exact) mass is 293 g/mol. The Hall–Kier alpha value is -1.53. The number of hydrogen-bond donors (Lipinski definition) is 2. The molecule has 0 aliphatic heterocycles. The van der Waals surface area contributed by atoms with Crippen molar-refractivity contribution in [2.24, 2.45) is 0 Å². The molecule has 0 radical (unpaired) electrons. The SMILES string of the molecule is Cc1csc(NC(=O)C(C)Sc2cccc(N)c2)n1. The van der Waals surface area contributed by atoms with Crippen molar-refractivity contribution >= 4 is 39.8 Å². The molecule has 19 heavy (non-hydrogen) atoms. The minimum atomic E-state index is -0.203. The van der Waals surface area contributed by atoms with Crippen molar-refractivity contribution in [1.29, 1.82) is 0 Å². The highest BCUT2D eigenvalue weighted by molar-refractivity contribution is 8.00. The third-order valence-corrected chi connectivity index (χ3v) is 4.36. The molecule has 0 fully saturated rings. The fourth-order valence-corrected chi connectivity index (χ4v) is 3.09. The topological polar surface area (TPSA) is 68.0 Å². The Labute approximate surface area is 120 Å². The Kier molecular flexibility index (Phi) is 4.44. The molecule has 1 heterocycles. The van der Waals surface area contributed by atoms with Gasteiger partial charge >= 0.3 is 0 Å². The van der Waals surface area contributed by atoms with Crippen LogP contribution in [0.2, 0.25) is 0 Å². The lowest BCUT2D eigenvalue weighted by Gasteiger charge is -2.10. The lowest BCUT2D eigenvalue weighted by molar-refractivity contribution is -0.115. The molecule has 0 aliphatic rings. The van der Waals surface area contributed by atoms with E-state index in [0.29, 0.717) is 10.8 Å². The summed E-state index contributed by atoms with van der Waals surface area (Å²) in [6, 6.07) is 7.51. The lowest BCUT2D eigenvalue weighted by Crippen LogP contribution is -2.22. The number of nitrogens with two attached hydrogens (primary N) is 1. The van der Waals surface area contributed by atoms with Crippen LogP contribution in [-0.4, -0.2) is 16.1 Å². The average molecular weight is 293 g/mol. The molecule has 6 heteroatoms. The van der Waals surface area contributed by atoms with E-state index in [9.17, 15) is 4.79 Å². The Balaban J connectivity index is 1.96. The van der Waals surface area contributed by atoms with Crippen LogP contribution in [0.5, 0.6) is 0 Å². The molecule has 1 aromatic heterocycles. The fourth-order valence-electron chi connectivity index (χ4n) is 1.46. The van der Waals surface area contributed by atoms with Gasteiger partial charge in [0.2, 0.25) is 5.91 Å². The predicted octanol–water partition coefficient (Wildman–Crippen LogP) is 3.15. The molecular formula is C13H15N3OS2. The zero-order chi connectivity index (χ0) is 13.8. The van der Waals surface area contributed by atoms with E-state index in [-0.39, 0.29) is 11.2 Å². The molecule has 1 unspecified atom stereocenters. The third kappa shape index (κ3) is 3.97. The van der Waals surface area contributed by atoms with Gasteiger partial charge in [0.25, 0.3) is 0 Å². The van der Waals surface area contributed by atoms with E-state index in [0.717, 1.165) is 10.6 Å². The van der Waals surface area contributed by atoms with E-state index in [1.165, 1.54) is 23.1 Å². The molecule has 0 aliphatic carbocycles. The highest BCUT2D eigenvalue weighted by Crippen LogP contribution is 2.26. The van der Waals surface area contributed by atoms with Gasteiger partial charge in [0.15, 0.2) is 5.13 Å². The van der Waals surface area contributed by atoms with Gasteiger partial charge < -0.3 is 11.1 Å². The first-order valence-corrected chi connectivity index (χ1v) is 7.56. The van der Waals surface area contributed by atoms with Gasteiger partial charge in [0.1, 0.15) is 0 Å². The summed E-state index contributed by atoms with van der Waals surface area (Å²) in [7, 11) is 0. The van der Waals surface area contributed by atoms with E-state index in [4.69, 9.17) is 5.73 Å². The smallest absolute Gasteiger partial charge is 0.239 e. The minimum absolute atomic E-state index is 0.0539. The number of aryl methyl sites for hydroxylation is 1. The van der Waals surface area contributed by atoms with Gasteiger partial charge in [-0.15, -0.1) is 23.1 Å². The summed E-state index contributed by atoms with van der Waals surface area (Å²) in [6.07, 6.45) is 0. The van der Waals surface area contributed by atoms with Gasteiger partial charge in [-0.3, -0.25) is 4.79 Å². The molecule has 2 aromatic rings. The van der Waals surface area contributed by atoms with E-state index >= 15 is 0 Å². The van der Waals surface area contributed by atoms with Gasteiger partial charge in [-0.05, 0) is 32.0 Å². The third-order valence-electron chi connectivity index (χ3n) is 2.39. The van der Waals surface area contributed by atoms with Crippen LogP contribution in [0.15, 0.2) is 34.5 Å². The van der Waals surface area contributed by atoms with Crippen molar-refractivity contribution in [1.82, 2.24) is 4.98 Å². The number of nitrogens with one attached hydrogen (secondary N) is 1. The van der Waals surface area contributed by atoms with Crippen molar-refractivity contribution in [3.05, 3.63) is 35.3 Å². The Bertz CT molecular complexity index is 583. The maximum Gasteiger partial charge on any atom is 0.239 e. The van der Waals surface area contributed by atoms with Crippen LogP contribution in [-0.2, 0) is 4.79 Å². The number of thioether (sulfide) groups is 1. The first-order chi connectivity index (χ1) is 9.04. The molecule has 0 spiro atoms. The van der Waals surface area contributed by atoms with Crippen LogP contribution in [0.1, 0.15) is 12.6 Å². The second-order valence-electron chi connectivity index (χ2n) is 4.12. The van der Waals surface area contributed by atoms with Crippen LogP contribution in [0.3, 0.4) is 0 Å². The van der Waals surface area contributed by atoms with Crippen LogP contribution < -0.4 is 11.1 Å². The van der Waals surface area contributed by atoms with Crippen molar-refractivity contribution < 1.29 is 4.79 Å². The average Bonchev–Trinajstić information content (AvgIpc) is 2.74. The van der Waals surface area contributed by atoms with E-state index in [2.05, 4.69) is 10.3 Å². The van der Waals surface area contributed by atoms with Crippen LogP contribution >= 0.6 is 23.1 Å². The fraction of sp³-hybridized carbons (Fsp3) is 0.231. The molecule has 100 valence electrons. The van der Waals surface area contributed by atoms with Gasteiger partial charge in [-0.2, -0.15) is 0 Å². The summed E-state index contributed by atoms with van der Waals surface area (Å²) in [5.74, 6) is -0.0539. The molecular weight excluding hydrogens is 278 g/mol. The predicted molar refractivity (Wildman–Crippen MR) is 81.7 cm³/mol. The largest absolute Gasteiger partial charge is 0.399 e. The zero-order valence-electron chi connectivity index (χ0n) is 10.7. The van der Waals surface area contributed by atoms with Crippen molar-refractivity contribution in [2.45, 2.75) is 24.0 Å². The van der Waals surface area contributed by atoms with Crippen LogP contribution in [0.4, 0.5) is 10.8 Å². The van der Waals surface area contributed by atoms with Crippen molar-refractivity contribution in [3.63, 3.8) is 0 Å². The number of nitrogen functional groups attached to an aromatic ring is 1. The second kappa shape index (κ2) is 6.08. The van der Waals surface area contributed by atoms with E-state index in [1.807, 2.05) is 43.5 Å². The van der Waals surface area contributed by atoms with Crippen LogP contribution in [0, 0.1) is 6.92 Å². The number of aromatic nitrogens is 1. The molecule has 0 bridgehead atoms.